The van der Waals surface area contributed by atoms with Crippen LogP contribution in [0.2, 0.25) is 5.02 Å². The third-order valence-corrected chi connectivity index (χ3v) is 3.40. The van der Waals surface area contributed by atoms with Crippen LogP contribution in [0.5, 0.6) is 0 Å². The molecular formula is C14H15ClN6. The Bertz CT molecular complexity index is 762. The average Bonchev–Trinajstić information content (AvgIpc) is 2.92. The van der Waals surface area contributed by atoms with Crippen LogP contribution >= 0.6 is 11.6 Å². The van der Waals surface area contributed by atoms with Gasteiger partial charge in [-0.3, -0.25) is 0 Å². The first-order chi connectivity index (χ1) is 10.2. The van der Waals surface area contributed by atoms with Crippen LogP contribution in [-0.2, 0) is 0 Å². The van der Waals surface area contributed by atoms with E-state index >= 15 is 0 Å². The van der Waals surface area contributed by atoms with Crippen molar-refractivity contribution in [2.75, 3.05) is 17.2 Å². The summed E-state index contributed by atoms with van der Waals surface area (Å²) in [7, 11) is 0. The lowest BCUT2D eigenvalue weighted by molar-refractivity contribution is 1.10. The Morgan fingerprint density at radius 1 is 1.29 bits per heavy atom. The van der Waals surface area contributed by atoms with Crippen LogP contribution in [0.15, 0.2) is 24.5 Å². The number of aromatic nitrogens is 4. The van der Waals surface area contributed by atoms with Crippen LogP contribution < -0.4 is 10.6 Å². The third-order valence-electron chi connectivity index (χ3n) is 3.09. The van der Waals surface area contributed by atoms with Gasteiger partial charge in [0, 0.05) is 6.54 Å². The molecule has 2 heterocycles. The van der Waals surface area contributed by atoms with E-state index in [1.165, 1.54) is 0 Å². The molecule has 0 spiro atoms. The molecule has 0 atom stereocenters. The highest BCUT2D eigenvalue weighted by molar-refractivity contribution is 6.33. The maximum atomic E-state index is 6.26. The topological polar surface area (TPSA) is 78.5 Å². The van der Waals surface area contributed by atoms with Gasteiger partial charge in [-0.05, 0) is 25.5 Å². The van der Waals surface area contributed by atoms with Gasteiger partial charge < -0.3 is 15.6 Å². The van der Waals surface area contributed by atoms with E-state index in [0.717, 1.165) is 23.3 Å². The first kappa shape index (κ1) is 13.6. The van der Waals surface area contributed by atoms with E-state index in [2.05, 4.69) is 30.6 Å². The summed E-state index contributed by atoms with van der Waals surface area (Å²) in [5.74, 6) is 1.17. The van der Waals surface area contributed by atoms with Gasteiger partial charge >= 0.3 is 0 Å². The van der Waals surface area contributed by atoms with Crippen molar-refractivity contribution in [2.45, 2.75) is 13.8 Å². The number of fused-ring (bicyclic) bond motifs is 1. The second-order valence-corrected chi connectivity index (χ2v) is 4.99. The molecule has 21 heavy (non-hydrogen) atoms. The van der Waals surface area contributed by atoms with Gasteiger partial charge in [0.2, 0.25) is 5.95 Å². The second-order valence-electron chi connectivity index (χ2n) is 4.58. The Hall–Kier alpha value is -2.34. The molecule has 6 nitrogen and oxygen atoms in total. The fourth-order valence-electron chi connectivity index (χ4n) is 2.07. The Balaban J connectivity index is 2.09. The molecular weight excluding hydrogens is 288 g/mol. The van der Waals surface area contributed by atoms with E-state index < -0.39 is 0 Å². The molecule has 1 aromatic carbocycles. The number of para-hydroxylation sites is 1. The molecule has 2 aromatic heterocycles. The van der Waals surface area contributed by atoms with Crippen molar-refractivity contribution in [1.82, 2.24) is 19.9 Å². The summed E-state index contributed by atoms with van der Waals surface area (Å²) in [6.07, 6.45) is 1.60. The SMILES string of the molecule is CCNc1nc(Nc2c(C)cccc2Cl)c2[nH]cnc2n1. The summed E-state index contributed by atoms with van der Waals surface area (Å²) in [6, 6.07) is 5.75. The van der Waals surface area contributed by atoms with Gasteiger partial charge in [0.1, 0.15) is 5.52 Å². The van der Waals surface area contributed by atoms with Gasteiger partial charge in [-0.1, -0.05) is 23.7 Å². The first-order valence-corrected chi connectivity index (χ1v) is 7.04. The molecule has 3 N–H and O–H groups in total. The van der Waals surface area contributed by atoms with E-state index in [4.69, 9.17) is 11.6 Å². The number of aryl methyl sites for hydroxylation is 1. The van der Waals surface area contributed by atoms with Crippen LogP contribution in [0.1, 0.15) is 12.5 Å². The van der Waals surface area contributed by atoms with Gasteiger partial charge in [0.25, 0.3) is 0 Å². The number of hydrogen-bond acceptors (Lipinski definition) is 5. The van der Waals surface area contributed by atoms with Gasteiger partial charge in [0.15, 0.2) is 11.5 Å². The molecule has 3 rings (SSSR count). The van der Waals surface area contributed by atoms with Crippen LogP contribution in [0.25, 0.3) is 11.2 Å². The molecule has 0 unspecified atom stereocenters. The Morgan fingerprint density at radius 2 is 2.14 bits per heavy atom. The fourth-order valence-corrected chi connectivity index (χ4v) is 2.34. The van der Waals surface area contributed by atoms with Crippen molar-refractivity contribution in [3.8, 4) is 0 Å². The lowest BCUT2D eigenvalue weighted by Gasteiger charge is -2.12. The summed E-state index contributed by atoms with van der Waals surface area (Å²) in [5, 5.41) is 7.01. The van der Waals surface area contributed by atoms with Crippen LogP contribution in [0, 0.1) is 6.92 Å². The van der Waals surface area contributed by atoms with Crippen molar-refractivity contribution in [3.05, 3.63) is 35.1 Å². The highest BCUT2D eigenvalue weighted by Crippen LogP contribution is 2.30. The average molecular weight is 303 g/mol. The summed E-state index contributed by atoms with van der Waals surface area (Å²) >= 11 is 6.26. The third kappa shape index (κ3) is 2.62. The van der Waals surface area contributed by atoms with Crippen molar-refractivity contribution >= 4 is 40.2 Å². The Morgan fingerprint density at radius 3 is 2.90 bits per heavy atom. The number of anilines is 3. The molecule has 0 aliphatic rings. The van der Waals surface area contributed by atoms with Gasteiger partial charge in [-0.2, -0.15) is 9.97 Å². The van der Waals surface area contributed by atoms with Gasteiger partial charge in [0.05, 0.1) is 17.0 Å². The Labute approximate surface area is 127 Å². The first-order valence-electron chi connectivity index (χ1n) is 6.66. The quantitative estimate of drug-likeness (QED) is 0.687. The molecule has 0 aliphatic carbocycles. The maximum Gasteiger partial charge on any atom is 0.226 e. The van der Waals surface area contributed by atoms with Crippen molar-refractivity contribution < 1.29 is 0 Å². The molecule has 3 aromatic rings. The minimum Gasteiger partial charge on any atom is -0.354 e. The molecule has 7 heteroatoms. The number of halogens is 1. The maximum absolute atomic E-state index is 6.26. The second kappa shape index (κ2) is 5.57. The van der Waals surface area contributed by atoms with Gasteiger partial charge in [-0.25, -0.2) is 4.98 Å². The number of aromatic amines is 1. The summed E-state index contributed by atoms with van der Waals surface area (Å²) in [5.41, 5.74) is 3.22. The summed E-state index contributed by atoms with van der Waals surface area (Å²) in [6.45, 7) is 4.72. The zero-order chi connectivity index (χ0) is 14.8. The molecule has 0 radical (unpaired) electrons. The van der Waals surface area contributed by atoms with Crippen molar-refractivity contribution in [2.24, 2.45) is 0 Å². The monoisotopic (exact) mass is 302 g/mol. The predicted octanol–water partition coefficient (Wildman–Crippen LogP) is 3.49. The minimum absolute atomic E-state index is 0.532. The van der Waals surface area contributed by atoms with Crippen molar-refractivity contribution in [1.29, 1.82) is 0 Å². The standard InChI is InChI=1S/C14H15ClN6/c1-3-16-14-20-12-11(17-7-18-12)13(21-14)19-10-8(2)5-4-6-9(10)15/h4-7H,3H2,1-2H3,(H3,16,17,18,19,20,21). The smallest absolute Gasteiger partial charge is 0.226 e. The van der Waals surface area contributed by atoms with E-state index in [1.54, 1.807) is 6.33 Å². The van der Waals surface area contributed by atoms with Crippen molar-refractivity contribution in [3.63, 3.8) is 0 Å². The number of nitrogens with zero attached hydrogens (tertiary/aromatic N) is 3. The largest absolute Gasteiger partial charge is 0.354 e. The van der Waals surface area contributed by atoms with Crippen LogP contribution in [-0.4, -0.2) is 26.5 Å². The molecule has 0 aliphatic heterocycles. The van der Waals surface area contributed by atoms with E-state index in [0.29, 0.717) is 22.4 Å². The number of H-pyrrole nitrogens is 1. The number of benzene rings is 1. The van der Waals surface area contributed by atoms with Crippen LogP contribution in [0.3, 0.4) is 0 Å². The highest BCUT2D eigenvalue weighted by atomic mass is 35.5. The summed E-state index contributed by atoms with van der Waals surface area (Å²) in [4.78, 5) is 16.0. The predicted molar refractivity (Wildman–Crippen MR) is 85.3 cm³/mol. The lowest BCUT2D eigenvalue weighted by Crippen LogP contribution is -2.05. The molecule has 0 saturated carbocycles. The molecule has 108 valence electrons. The molecule has 0 saturated heterocycles. The molecule has 0 bridgehead atoms. The normalized spacial score (nSPS) is 10.8. The zero-order valence-corrected chi connectivity index (χ0v) is 12.5. The zero-order valence-electron chi connectivity index (χ0n) is 11.7. The van der Waals surface area contributed by atoms with E-state index in [9.17, 15) is 0 Å². The Kier molecular flexibility index (Phi) is 3.62. The molecule has 0 fully saturated rings. The van der Waals surface area contributed by atoms with E-state index in [1.807, 2.05) is 32.0 Å². The minimum atomic E-state index is 0.532. The number of rotatable bonds is 4. The fraction of sp³-hybridized carbons (Fsp3) is 0.214. The summed E-state index contributed by atoms with van der Waals surface area (Å²) < 4.78 is 0. The molecule has 0 amide bonds. The van der Waals surface area contributed by atoms with E-state index in [-0.39, 0.29) is 0 Å². The lowest BCUT2D eigenvalue weighted by atomic mass is 10.2. The highest BCUT2D eigenvalue weighted by Gasteiger charge is 2.12. The number of imidazole rings is 1. The van der Waals surface area contributed by atoms with Gasteiger partial charge in [-0.15, -0.1) is 0 Å². The number of hydrogen-bond donors (Lipinski definition) is 3. The number of nitrogens with one attached hydrogen (secondary N) is 3. The van der Waals surface area contributed by atoms with Crippen LogP contribution in [0.4, 0.5) is 17.5 Å².